The summed E-state index contributed by atoms with van der Waals surface area (Å²) in [6, 6.07) is 12.0. The van der Waals surface area contributed by atoms with E-state index in [2.05, 4.69) is 32.2 Å². The topological polar surface area (TPSA) is 32.3 Å². The molecule has 1 aromatic carbocycles. The van der Waals surface area contributed by atoms with Crippen molar-refractivity contribution in [1.29, 1.82) is 0 Å². The monoisotopic (exact) mass is 322 g/mol. The highest BCUT2D eigenvalue weighted by atomic mass is 79.9. The predicted octanol–water partition coefficient (Wildman–Crippen LogP) is 3.47. The normalized spacial score (nSPS) is 14.3. The van der Waals surface area contributed by atoms with Crippen LogP contribution in [0.25, 0.3) is 0 Å². The minimum absolute atomic E-state index is 0.0457. The standard InChI is InChI=1S/C13H11BrN2OS/c14-12-6-5-9(18-12)7-16-8-13(17)15-10-3-1-2-4-11(10)16/h1-6H,7-8H2,(H,15,17). The number of carbonyl (C=O) groups is 1. The summed E-state index contributed by atoms with van der Waals surface area (Å²) in [5.74, 6) is 0.0457. The van der Waals surface area contributed by atoms with Gasteiger partial charge in [0.05, 0.1) is 28.3 Å². The molecule has 0 saturated heterocycles. The Morgan fingerprint density at radius 2 is 2.11 bits per heavy atom. The van der Waals surface area contributed by atoms with Gasteiger partial charge in [0.25, 0.3) is 0 Å². The van der Waals surface area contributed by atoms with Gasteiger partial charge in [-0.3, -0.25) is 4.79 Å². The molecule has 0 radical (unpaired) electrons. The van der Waals surface area contributed by atoms with Crippen LogP contribution in [0.5, 0.6) is 0 Å². The van der Waals surface area contributed by atoms with Gasteiger partial charge in [0, 0.05) is 4.88 Å². The molecule has 3 rings (SSSR count). The Hall–Kier alpha value is -1.33. The molecule has 18 heavy (non-hydrogen) atoms. The van der Waals surface area contributed by atoms with Crippen LogP contribution in [0.1, 0.15) is 4.88 Å². The number of para-hydroxylation sites is 2. The van der Waals surface area contributed by atoms with Gasteiger partial charge < -0.3 is 10.2 Å². The third-order valence-electron chi connectivity index (χ3n) is 2.83. The van der Waals surface area contributed by atoms with Crippen LogP contribution in [-0.2, 0) is 11.3 Å². The zero-order valence-corrected chi connectivity index (χ0v) is 11.9. The minimum Gasteiger partial charge on any atom is -0.355 e. The lowest BCUT2D eigenvalue weighted by Gasteiger charge is -2.30. The van der Waals surface area contributed by atoms with E-state index in [9.17, 15) is 4.79 Å². The summed E-state index contributed by atoms with van der Waals surface area (Å²) < 4.78 is 1.12. The van der Waals surface area contributed by atoms with E-state index < -0.39 is 0 Å². The first-order chi connectivity index (χ1) is 8.72. The van der Waals surface area contributed by atoms with Gasteiger partial charge in [-0.1, -0.05) is 12.1 Å². The van der Waals surface area contributed by atoms with Gasteiger partial charge in [0.15, 0.2) is 0 Å². The summed E-state index contributed by atoms with van der Waals surface area (Å²) in [6.07, 6.45) is 0. The lowest BCUT2D eigenvalue weighted by molar-refractivity contribution is -0.115. The van der Waals surface area contributed by atoms with Crippen molar-refractivity contribution in [3.05, 3.63) is 45.1 Å². The number of thiophene rings is 1. The Kier molecular flexibility index (Phi) is 3.09. The molecule has 5 heteroatoms. The summed E-state index contributed by atoms with van der Waals surface area (Å²) >= 11 is 5.16. The number of carbonyl (C=O) groups excluding carboxylic acids is 1. The quantitative estimate of drug-likeness (QED) is 0.918. The van der Waals surface area contributed by atoms with E-state index in [4.69, 9.17) is 0 Å². The van der Waals surface area contributed by atoms with Crippen LogP contribution in [0.3, 0.4) is 0 Å². The summed E-state index contributed by atoms with van der Waals surface area (Å²) in [5, 5.41) is 2.89. The lowest BCUT2D eigenvalue weighted by Crippen LogP contribution is -2.37. The molecule has 2 heterocycles. The van der Waals surface area contributed by atoms with Crippen molar-refractivity contribution >= 4 is 44.5 Å². The molecule has 0 bridgehead atoms. The number of nitrogens with one attached hydrogen (secondary N) is 1. The van der Waals surface area contributed by atoms with Crippen molar-refractivity contribution < 1.29 is 4.79 Å². The number of fused-ring (bicyclic) bond motifs is 1. The second kappa shape index (κ2) is 4.74. The fourth-order valence-electron chi connectivity index (χ4n) is 2.07. The zero-order valence-electron chi connectivity index (χ0n) is 9.52. The molecular formula is C13H11BrN2OS. The number of nitrogens with zero attached hydrogens (tertiary/aromatic N) is 1. The molecular weight excluding hydrogens is 312 g/mol. The SMILES string of the molecule is O=C1CN(Cc2ccc(Br)s2)c2ccccc2N1. The fourth-order valence-corrected chi connectivity index (χ4v) is 3.57. The Morgan fingerprint density at radius 3 is 2.89 bits per heavy atom. The van der Waals surface area contributed by atoms with Crippen LogP contribution < -0.4 is 10.2 Å². The van der Waals surface area contributed by atoms with E-state index in [-0.39, 0.29) is 5.91 Å². The maximum Gasteiger partial charge on any atom is 0.243 e. The lowest BCUT2D eigenvalue weighted by atomic mass is 10.2. The molecule has 1 amide bonds. The summed E-state index contributed by atoms with van der Waals surface area (Å²) in [7, 11) is 0. The second-order valence-electron chi connectivity index (χ2n) is 4.13. The van der Waals surface area contributed by atoms with Crippen LogP contribution in [0.4, 0.5) is 11.4 Å². The summed E-state index contributed by atoms with van der Waals surface area (Å²) in [6.45, 7) is 1.17. The Labute approximate surface area is 118 Å². The molecule has 1 N–H and O–H groups in total. The van der Waals surface area contributed by atoms with Crippen molar-refractivity contribution in [3.63, 3.8) is 0 Å². The van der Waals surface area contributed by atoms with E-state index in [0.717, 1.165) is 21.7 Å². The van der Waals surface area contributed by atoms with Gasteiger partial charge in [-0.25, -0.2) is 0 Å². The van der Waals surface area contributed by atoms with Crippen LogP contribution >= 0.6 is 27.3 Å². The number of benzene rings is 1. The Bertz CT molecular complexity index is 596. The molecule has 0 atom stereocenters. The van der Waals surface area contributed by atoms with Gasteiger partial charge in [0.1, 0.15) is 0 Å². The first-order valence-corrected chi connectivity index (χ1v) is 7.21. The molecule has 0 saturated carbocycles. The zero-order chi connectivity index (χ0) is 12.5. The number of amides is 1. The van der Waals surface area contributed by atoms with Gasteiger partial charge in [-0.15, -0.1) is 11.3 Å². The third kappa shape index (κ3) is 2.28. The highest BCUT2D eigenvalue weighted by Gasteiger charge is 2.21. The molecule has 92 valence electrons. The Morgan fingerprint density at radius 1 is 1.28 bits per heavy atom. The van der Waals surface area contributed by atoms with E-state index in [1.165, 1.54) is 4.88 Å². The van der Waals surface area contributed by atoms with E-state index in [0.29, 0.717) is 6.54 Å². The number of hydrogen-bond acceptors (Lipinski definition) is 3. The third-order valence-corrected chi connectivity index (χ3v) is 4.44. The predicted molar refractivity (Wildman–Crippen MR) is 78.1 cm³/mol. The highest BCUT2D eigenvalue weighted by molar-refractivity contribution is 9.11. The van der Waals surface area contributed by atoms with Crippen molar-refractivity contribution in [3.8, 4) is 0 Å². The molecule has 3 nitrogen and oxygen atoms in total. The molecule has 0 fully saturated rings. The van der Waals surface area contributed by atoms with Crippen molar-refractivity contribution in [1.82, 2.24) is 0 Å². The van der Waals surface area contributed by atoms with Crippen LogP contribution in [0.15, 0.2) is 40.2 Å². The molecule has 1 aromatic heterocycles. The average Bonchev–Trinajstić information content (AvgIpc) is 2.74. The summed E-state index contributed by atoms with van der Waals surface area (Å²) in [4.78, 5) is 15.0. The molecule has 1 aliphatic heterocycles. The average molecular weight is 323 g/mol. The van der Waals surface area contributed by atoms with Crippen LogP contribution in [0.2, 0.25) is 0 Å². The number of rotatable bonds is 2. The van der Waals surface area contributed by atoms with Crippen LogP contribution in [-0.4, -0.2) is 12.5 Å². The number of hydrogen-bond donors (Lipinski definition) is 1. The van der Waals surface area contributed by atoms with Gasteiger partial charge >= 0.3 is 0 Å². The fraction of sp³-hybridized carbons (Fsp3) is 0.154. The maximum absolute atomic E-state index is 11.7. The Balaban J connectivity index is 1.90. The van der Waals surface area contributed by atoms with Gasteiger partial charge in [-0.05, 0) is 40.2 Å². The second-order valence-corrected chi connectivity index (χ2v) is 6.67. The van der Waals surface area contributed by atoms with Gasteiger partial charge in [0.2, 0.25) is 5.91 Å². The number of halogens is 1. The molecule has 1 aliphatic rings. The molecule has 0 unspecified atom stereocenters. The molecule has 0 aliphatic carbocycles. The largest absolute Gasteiger partial charge is 0.355 e. The van der Waals surface area contributed by atoms with Crippen molar-refractivity contribution in [2.75, 3.05) is 16.8 Å². The van der Waals surface area contributed by atoms with E-state index in [1.54, 1.807) is 11.3 Å². The molecule has 0 spiro atoms. The van der Waals surface area contributed by atoms with E-state index in [1.807, 2.05) is 30.3 Å². The van der Waals surface area contributed by atoms with Crippen molar-refractivity contribution in [2.24, 2.45) is 0 Å². The smallest absolute Gasteiger partial charge is 0.243 e. The number of anilines is 2. The van der Waals surface area contributed by atoms with Crippen molar-refractivity contribution in [2.45, 2.75) is 6.54 Å². The molecule has 2 aromatic rings. The summed E-state index contributed by atoms with van der Waals surface area (Å²) in [5.41, 5.74) is 1.98. The van der Waals surface area contributed by atoms with E-state index >= 15 is 0 Å². The first kappa shape index (κ1) is 11.7. The van der Waals surface area contributed by atoms with Gasteiger partial charge in [-0.2, -0.15) is 0 Å². The van der Waals surface area contributed by atoms with Crippen LogP contribution in [0, 0.1) is 0 Å². The maximum atomic E-state index is 11.7. The first-order valence-electron chi connectivity index (χ1n) is 5.60. The highest BCUT2D eigenvalue weighted by Crippen LogP contribution is 2.31. The minimum atomic E-state index is 0.0457.